The fourth-order valence-corrected chi connectivity index (χ4v) is 4.00. The van der Waals surface area contributed by atoms with Crippen molar-refractivity contribution in [3.63, 3.8) is 0 Å². The molecule has 2 heteroatoms. The lowest BCUT2D eigenvalue weighted by Crippen LogP contribution is -2.62. The van der Waals surface area contributed by atoms with Crippen LogP contribution in [0.4, 0.5) is 0 Å². The number of aryl methyl sites for hydroxylation is 2. The van der Waals surface area contributed by atoms with Crippen molar-refractivity contribution in [1.29, 1.82) is 0 Å². The van der Waals surface area contributed by atoms with Crippen LogP contribution in [0.25, 0.3) is 0 Å². The Morgan fingerprint density at radius 3 is 2.75 bits per heavy atom. The molecule has 2 fully saturated rings. The summed E-state index contributed by atoms with van der Waals surface area (Å²) in [6.45, 7) is 10.3. The van der Waals surface area contributed by atoms with Crippen LogP contribution in [0, 0.1) is 13.8 Å². The van der Waals surface area contributed by atoms with Gasteiger partial charge in [-0.15, -0.1) is 0 Å². The predicted molar refractivity (Wildman–Crippen MR) is 85.0 cm³/mol. The summed E-state index contributed by atoms with van der Waals surface area (Å²) in [7, 11) is 0. The Hall–Kier alpha value is -0.860. The van der Waals surface area contributed by atoms with Crippen LogP contribution in [-0.2, 0) is 6.54 Å². The van der Waals surface area contributed by atoms with Gasteiger partial charge in [0.25, 0.3) is 0 Å². The number of hydrogen-bond acceptors (Lipinski definition) is 2. The quantitative estimate of drug-likeness (QED) is 0.887. The molecule has 2 aliphatic rings. The Kier molecular flexibility index (Phi) is 3.87. The van der Waals surface area contributed by atoms with Gasteiger partial charge in [-0.2, -0.15) is 0 Å². The van der Waals surface area contributed by atoms with Gasteiger partial charge in [0.2, 0.25) is 0 Å². The van der Waals surface area contributed by atoms with E-state index in [2.05, 4.69) is 49.2 Å². The number of nitrogens with zero attached hydrogens (tertiary/aromatic N) is 1. The lowest BCUT2D eigenvalue weighted by atomic mass is 9.90. The highest BCUT2D eigenvalue weighted by molar-refractivity contribution is 5.30. The van der Waals surface area contributed by atoms with Crippen molar-refractivity contribution in [2.75, 3.05) is 13.1 Å². The molecule has 1 heterocycles. The Morgan fingerprint density at radius 1 is 1.25 bits per heavy atom. The van der Waals surface area contributed by atoms with Crippen LogP contribution < -0.4 is 5.32 Å². The van der Waals surface area contributed by atoms with Crippen LogP contribution in [0.1, 0.15) is 49.3 Å². The topological polar surface area (TPSA) is 15.3 Å². The van der Waals surface area contributed by atoms with E-state index in [4.69, 9.17) is 0 Å². The van der Waals surface area contributed by atoms with Gasteiger partial charge in [0.1, 0.15) is 0 Å². The van der Waals surface area contributed by atoms with Gasteiger partial charge in [-0.1, -0.05) is 36.6 Å². The van der Waals surface area contributed by atoms with Gasteiger partial charge in [0, 0.05) is 31.2 Å². The van der Waals surface area contributed by atoms with Gasteiger partial charge in [0.05, 0.1) is 0 Å². The maximum atomic E-state index is 3.71. The molecule has 1 aromatic carbocycles. The number of rotatable bonds is 2. The van der Waals surface area contributed by atoms with E-state index < -0.39 is 0 Å². The van der Waals surface area contributed by atoms with Crippen LogP contribution in [0.3, 0.4) is 0 Å². The van der Waals surface area contributed by atoms with Crippen molar-refractivity contribution in [1.82, 2.24) is 10.2 Å². The van der Waals surface area contributed by atoms with E-state index in [9.17, 15) is 0 Å². The minimum absolute atomic E-state index is 0.433. The molecule has 1 aliphatic heterocycles. The van der Waals surface area contributed by atoms with Crippen molar-refractivity contribution in [3.05, 3.63) is 34.9 Å². The molecule has 3 rings (SSSR count). The number of piperazine rings is 1. The molecular formula is C18H28N2. The highest BCUT2D eigenvalue weighted by Gasteiger charge is 2.42. The Balaban J connectivity index is 1.84. The van der Waals surface area contributed by atoms with E-state index in [1.807, 2.05) is 0 Å². The maximum Gasteiger partial charge on any atom is 0.0338 e. The molecule has 1 saturated carbocycles. The fraction of sp³-hybridized carbons (Fsp3) is 0.667. The molecule has 20 heavy (non-hydrogen) atoms. The highest BCUT2D eigenvalue weighted by Crippen LogP contribution is 2.38. The zero-order valence-corrected chi connectivity index (χ0v) is 13.2. The molecule has 0 amide bonds. The molecule has 0 radical (unpaired) electrons. The average Bonchev–Trinajstić information content (AvgIpc) is 2.88. The smallest absolute Gasteiger partial charge is 0.0338 e. The van der Waals surface area contributed by atoms with Gasteiger partial charge in [-0.3, -0.25) is 4.90 Å². The lowest BCUT2D eigenvalue weighted by Gasteiger charge is -2.48. The van der Waals surface area contributed by atoms with Crippen molar-refractivity contribution in [2.24, 2.45) is 0 Å². The van der Waals surface area contributed by atoms with Crippen molar-refractivity contribution in [2.45, 2.75) is 64.6 Å². The predicted octanol–water partition coefficient (Wildman–Crippen LogP) is 3.41. The summed E-state index contributed by atoms with van der Waals surface area (Å²) in [5, 5.41) is 3.71. The van der Waals surface area contributed by atoms with Crippen molar-refractivity contribution in [3.8, 4) is 0 Å². The zero-order valence-electron chi connectivity index (χ0n) is 13.2. The third-order valence-corrected chi connectivity index (χ3v) is 5.34. The van der Waals surface area contributed by atoms with E-state index in [1.54, 1.807) is 0 Å². The van der Waals surface area contributed by atoms with E-state index in [1.165, 1.54) is 55.5 Å². The molecule has 1 saturated heterocycles. The molecule has 110 valence electrons. The normalized spacial score (nSPS) is 26.2. The van der Waals surface area contributed by atoms with Gasteiger partial charge in [0.15, 0.2) is 0 Å². The first-order chi connectivity index (χ1) is 9.59. The molecule has 1 spiro atoms. The first-order valence-corrected chi connectivity index (χ1v) is 8.14. The van der Waals surface area contributed by atoms with Gasteiger partial charge >= 0.3 is 0 Å². The standard InChI is InChI=1S/C18H28N2/c1-14-6-7-15(2)17(10-14)12-20-11-16(3)19-13-18(20)8-4-5-9-18/h6-7,10,16,19H,4-5,8-9,11-13H2,1-3H3. The lowest BCUT2D eigenvalue weighted by molar-refractivity contribution is 0.0391. The molecule has 1 aliphatic carbocycles. The van der Waals surface area contributed by atoms with E-state index in [-0.39, 0.29) is 0 Å². The number of benzene rings is 1. The second kappa shape index (κ2) is 5.50. The van der Waals surface area contributed by atoms with Crippen LogP contribution in [0.2, 0.25) is 0 Å². The second-order valence-corrected chi connectivity index (χ2v) is 7.02. The number of nitrogens with one attached hydrogen (secondary N) is 1. The first-order valence-electron chi connectivity index (χ1n) is 8.14. The molecule has 0 bridgehead atoms. The molecule has 1 unspecified atom stereocenters. The van der Waals surface area contributed by atoms with Gasteiger partial charge < -0.3 is 5.32 Å². The minimum atomic E-state index is 0.433. The summed E-state index contributed by atoms with van der Waals surface area (Å²) < 4.78 is 0. The van der Waals surface area contributed by atoms with E-state index >= 15 is 0 Å². The summed E-state index contributed by atoms with van der Waals surface area (Å²) in [6, 6.07) is 7.50. The van der Waals surface area contributed by atoms with Crippen LogP contribution in [0.15, 0.2) is 18.2 Å². The third kappa shape index (κ3) is 2.64. The summed E-state index contributed by atoms with van der Waals surface area (Å²) in [4.78, 5) is 2.78. The zero-order chi connectivity index (χ0) is 14.2. The molecule has 1 N–H and O–H groups in total. The largest absolute Gasteiger partial charge is 0.311 e. The van der Waals surface area contributed by atoms with Gasteiger partial charge in [-0.25, -0.2) is 0 Å². The SMILES string of the molecule is Cc1ccc(C)c(CN2CC(C)NCC23CCCC3)c1. The van der Waals surface area contributed by atoms with Gasteiger partial charge in [-0.05, 0) is 44.7 Å². The Labute approximate surface area is 123 Å². The minimum Gasteiger partial charge on any atom is -0.311 e. The molecule has 2 nitrogen and oxygen atoms in total. The number of hydrogen-bond donors (Lipinski definition) is 1. The van der Waals surface area contributed by atoms with Crippen LogP contribution >= 0.6 is 0 Å². The Bertz CT molecular complexity index is 474. The van der Waals surface area contributed by atoms with Crippen molar-refractivity contribution < 1.29 is 0 Å². The average molecular weight is 272 g/mol. The molecule has 1 atom stereocenters. The summed E-state index contributed by atoms with van der Waals surface area (Å²) in [6.07, 6.45) is 5.55. The second-order valence-electron chi connectivity index (χ2n) is 7.02. The van der Waals surface area contributed by atoms with Crippen LogP contribution in [0.5, 0.6) is 0 Å². The van der Waals surface area contributed by atoms with Crippen molar-refractivity contribution >= 4 is 0 Å². The maximum absolute atomic E-state index is 3.71. The molecule has 1 aromatic rings. The monoisotopic (exact) mass is 272 g/mol. The summed E-state index contributed by atoms with van der Waals surface area (Å²) >= 11 is 0. The molecular weight excluding hydrogens is 244 g/mol. The first kappa shape index (κ1) is 14.1. The fourth-order valence-electron chi connectivity index (χ4n) is 4.00. The Morgan fingerprint density at radius 2 is 2.00 bits per heavy atom. The molecule has 0 aromatic heterocycles. The third-order valence-electron chi connectivity index (χ3n) is 5.34. The summed E-state index contributed by atoms with van der Waals surface area (Å²) in [5.74, 6) is 0. The van der Waals surface area contributed by atoms with E-state index in [0.717, 1.165) is 6.54 Å². The summed E-state index contributed by atoms with van der Waals surface area (Å²) in [5.41, 5.74) is 4.78. The van der Waals surface area contributed by atoms with E-state index in [0.29, 0.717) is 11.6 Å². The highest BCUT2D eigenvalue weighted by atomic mass is 15.3. The van der Waals surface area contributed by atoms with Crippen LogP contribution in [-0.4, -0.2) is 29.6 Å².